The number of nitrogens with two attached hydrogens (primary N) is 1. The minimum atomic E-state index is -0.378. The van der Waals surface area contributed by atoms with Crippen LogP contribution in [0.15, 0.2) is 18.2 Å². The van der Waals surface area contributed by atoms with E-state index in [1.165, 1.54) is 6.07 Å². The van der Waals surface area contributed by atoms with Gasteiger partial charge < -0.3 is 15.8 Å². The molecule has 0 saturated carbocycles. The van der Waals surface area contributed by atoms with Gasteiger partial charge in [0.25, 0.3) is 0 Å². The highest BCUT2D eigenvalue weighted by Gasteiger charge is 2.16. The highest BCUT2D eigenvalue weighted by Crippen LogP contribution is 2.21. The van der Waals surface area contributed by atoms with Crippen LogP contribution in [0.3, 0.4) is 0 Å². The molecule has 76 valence electrons. The second-order valence-corrected chi connectivity index (χ2v) is 3.34. The Morgan fingerprint density at radius 2 is 2.36 bits per heavy atom. The molecule has 3 nitrogen and oxygen atoms in total. The van der Waals surface area contributed by atoms with Crippen LogP contribution < -0.4 is 11.1 Å². The molecule has 1 heterocycles. The van der Waals surface area contributed by atoms with Crippen LogP contribution >= 0.6 is 0 Å². The molecule has 14 heavy (non-hydrogen) atoms. The first kappa shape index (κ1) is 9.43. The summed E-state index contributed by atoms with van der Waals surface area (Å²) in [5, 5.41) is 3.19. The summed E-state index contributed by atoms with van der Waals surface area (Å²) in [5.74, 6) is -0.378. The molecule has 0 spiro atoms. The first-order valence-corrected chi connectivity index (χ1v) is 4.64. The summed E-state index contributed by atoms with van der Waals surface area (Å²) in [6.07, 6.45) is -0.0566. The Kier molecular flexibility index (Phi) is 2.65. The summed E-state index contributed by atoms with van der Waals surface area (Å²) in [7, 11) is 0. The van der Waals surface area contributed by atoms with Gasteiger partial charge in [0.05, 0.1) is 18.4 Å². The van der Waals surface area contributed by atoms with Crippen molar-refractivity contribution in [1.29, 1.82) is 0 Å². The molecule has 1 fully saturated rings. The minimum absolute atomic E-state index is 0.0566. The number of nitrogens with one attached hydrogen (secondary N) is 1. The molecule has 1 aromatic rings. The van der Waals surface area contributed by atoms with Crippen molar-refractivity contribution in [1.82, 2.24) is 5.32 Å². The van der Waals surface area contributed by atoms with E-state index in [-0.39, 0.29) is 17.6 Å². The Balaban J connectivity index is 2.18. The van der Waals surface area contributed by atoms with Crippen molar-refractivity contribution in [3.05, 3.63) is 29.6 Å². The molecule has 0 unspecified atom stereocenters. The third-order valence-corrected chi connectivity index (χ3v) is 2.32. The Morgan fingerprint density at radius 3 is 3.00 bits per heavy atom. The van der Waals surface area contributed by atoms with Gasteiger partial charge in [-0.1, -0.05) is 6.07 Å². The summed E-state index contributed by atoms with van der Waals surface area (Å²) in [4.78, 5) is 0. The molecular formula is C10H13FN2O. The summed E-state index contributed by atoms with van der Waals surface area (Å²) >= 11 is 0. The van der Waals surface area contributed by atoms with E-state index in [2.05, 4.69) is 5.32 Å². The zero-order valence-electron chi connectivity index (χ0n) is 7.79. The lowest BCUT2D eigenvalue weighted by molar-refractivity contribution is 0.0275. The van der Waals surface area contributed by atoms with Crippen molar-refractivity contribution in [2.24, 2.45) is 0 Å². The zero-order valence-corrected chi connectivity index (χ0v) is 7.79. The molecule has 1 saturated heterocycles. The average molecular weight is 196 g/mol. The number of anilines is 1. The van der Waals surface area contributed by atoms with E-state index in [4.69, 9.17) is 10.5 Å². The first-order valence-electron chi connectivity index (χ1n) is 4.64. The van der Waals surface area contributed by atoms with E-state index in [1.807, 2.05) is 0 Å². The van der Waals surface area contributed by atoms with Gasteiger partial charge in [-0.15, -0.1) is 0 Å². The molecule has 0 amide bonds. The molecule has 0 aromatic heterocycles. The van der Waals surface area contributed by atoms with E-state index in [0.717, 1.165) is 18.7 Å². The Bertz CT molecular complexity index is 324. The second kappa shape index (κ2) is 3.94. The van der Waals surface area contributed by atoms with Crippen molar-refractivity contribution in [3.8, 4) is 0 Å². The fourth-order valence-electron chi connectivity index (χ4n) is 1.52. The summed E-state index contributed by atoms with van der Waals surface area (Å²) in [5.41, 5.74) is 6.40. The topological polar surface area (TPSA) is 47.3 Å². The second-order valence-electron chi connectivity index (χ2n) is 3.34. The van der Waals surface area contributed by atoms with Crippen molar-refractivity contribution in [2.45, 2.75) is 6.10 Å². The Labute approximate surface area is 82.1 Å². The maximum atomic E-state index is 13.1. The molecule has 3 N–H and O–H groups in total. The van der Waals surface area contributed by atoms with Gasteiger partial charge in [-0.05, 0) is 17.7 Å². The molecular weight excluding hydrogens is 183 g/mol. The van der Waals surface area contributed by atoms with Crippen molar-refractivity contribution in [2.75, 3.05) is 25.4 Å². The molecule has 1 aliphatic rings. The lowest BCUT2D eigenvalue weighted by Gasteiger charge is -2.24. The molecule has 0 bridgehead atoms. The van der Waals surface area contributed by atoms with Crippen LogP contribution in [0.25, 0.3) is 0 Å². The molecule has 2 rings (SSSR count). The fourth-order valence-corrected chi connectivity index (χ4v) is 1.52. The number of benzene rings is 1. The molecule has 1 aromatic carbocycles. The SMILES string of the molecule is Nc1ccc([C@@H]2CNCCO2)cc1F. The van der Waals surface area contributed by atoms with Crippen molar-refractivity contribution in [3.63, 3.8) is 0 Å². The molecule has 0 radical (unpaired) electrons. The van der Waals surface area contributed by atoms with Gasteiger partial charge in [-0.2, -0.15) is 0 Å². The third kappa shape index (κ3) is 1.86. The van der Waals surface area contributed by atoms with Gasteiger partial charge in [0.1, 0.15) is 5.82 Å². The van der Waals surface area contributed by atoms with E-state index in [1.54, 1.807) is 12.1 Å². The van der Waals surface area contributed by atoms with Crippen LogP contribution in [0.1, 0.15) is 11.7 Å². The van der Waals surface area contributed by atoms with Crippen LogP contribution in [0.5, 0.6) is 0 Å². The van der Waals surface area contributed by atoms with Crippen molar-refractivity contribution < 1.29 is 9.13 Å². The highest BCUT2D eigenvalue weighted by atomic mass is 19.1. The third-order valence-electron chi connectivity index (χ3n) is 2.32. The lowest BCUT2D eigenvalue weighted by Crippen LogP contribution is -2.33. The quantitative estimate of drug-likeness (QED) is 0.660. The average Bonchev–Trinajstić information content (AvgIpc) is 2.23. The van der Waals surface area contributed by atoms with E-state index in [9.17, 15) is 4.39 Å². The van der Waals surface area contributed by atoms with E-state index in [0.29, 0.717) is 6.61 Å². The first-order chi connectivity index (χ1) is 6.77. The lowest BCUT2D eigenvalue weighted by atomic mass is 10.1. The van der Waals surface area contributed by atoms with Crippen molar-refractivity contribution >= 4 is 5.69 Å². The van der Waals surface area contributed by atoms with E-state index >= 15 is 0 Å². The number of nitrogen functional groups attached to an aromatic ring is 1. The molecule has 4 heteroatoms. The number of hydrogen-bond acceptors (Lipinski definition) is 3. The Hall–Kier alpha value is -1.13. The molecule has 0 aliphatic carbocycles. The number of halogens is 1. The van der Waals surface area contributed by atoms with Crippen LogP contribution in [-0.2, 0) is 4.74 Å². The number of ether oxygens (including phenoxy) is 1. The Morgan fingerprint density at radius 1 is 1.50 bits per heavy atom. The summed E-state index contributed by atoms with van der Waals surface area (Å²) in [6.45, 7) is 2.24. The predicted octanol–water partition coefficient (Wildman–Crippen LogP) is 1.07. The zero-order chi connectivity index (χ0) is 9.97. The number of rotatable bonds is 1. The maximum Gasteiger partial charge on any atom is 0.146 e. The smallest absolute Gasteiger partial charge is 0.146 e. The van der Waals surface area contributed by atoms with Gasteiger partial charge in [-0.3, -0.25) is 0 Å². The minimum Gasteiger partial charge on any atom is -0.396 e. The van der Waals surface area contributed by atoms with Crippen LogP contribution in [0.4, 0.5) is 10.1 Å². The predicted molar refractivity (Wildman–Crippen MR) is 52.4 cm³/mol. The van der Waals surface area contributed by atoms with Gasteiger partial charge in [0.15, 0.2) is 0 Å². The molecule has 1 atom stereocenters. The maximum absolute atomic E-state index is 13.1. The van der Waals surface area contributed by atoms with Gasteiger partial charge >= 0.3 is 0 Å². The van der Waals surface area contributed by atoms with Gasteiger partial charge in [-0.25, -0.2) is 4.39 Å². The number of morpholine rings is 1. The van der Waals surface area contributed by atoms with E-state index < -0.39 is 0 Å². The molecule has 1 aliphatic heterocycles. The van der Waals surface area contributed by atoms with Crippen LogP contribution in [0.2, 0.25) is 0 Å². The van der Waals surface area contributed by atoms with Gasteiger partial charge in [0.2, 0.25) is 0 Å². The van der Waals surface area contributed by atoms with Crippen LogP contribution in [-0.4, -0.2) is 19.7 Å². The monoisotopic (exact) mass is 196 g/mol. The summed E-state index contributed by atoms with van der Waals surface area (Å²) in [6, 6.07) is 4.81. The summed E-state index contributed by atoms with van der Waals surface area (Å²) < 4.78 is 18.6. The normalized spacial score (nSPS) is 22.2. The largest absolute Gasteiger partial charge is 0.396 e. The standard InChI is InChI=1S/C10H13FN2O/c11-8-5-7(1-2-9(8)12)10-6-13-3-4-14-10/h1-2,5,10,13H,3-4,6,12H2/t10-/m0/s1. The fraction of sp³-hybridized carbons (Fsp3) is 0.400. The van der Waals surface area contributed by atoms with Gasteiger partial charge in [0, 0.05) is 13.1 Å². The van der Waals surface area contributed by atoms with Crippen LogP contribution in [0, 0.1) is 5.82 Å². The highest BCUT2D eigenvalue weighted by molar-refractivity contribution is 5.41. The number of hydrogen-bond donors (Lipinski definition) is 2.